The molecule has 0 atom stereocenters. The molecular formula is C13H13N7. The van der Waals surface area contributed by atoms with Crippen molar-refractivity contribution in [3.8, 4) is 0 Å². The first-order valence-corrected chi connectivity index (χ1v) is 5.97. The van der Waals surface area contributed by atoms with Crippen molar-refractivity contribution in [1.82, 2.24) is 15.0 Å². The lowest BCUT2D eigenvalue weighted by Gasteiger charge is -2.11. The molecule has 0 aliphatic rings. The fourth-order valence-electron chi connectivity index (χ4n) is 1.94. The molecule has 0 spiro atoms. The highest BCUT2D eigenvalue weighted by molar-refractivity contribution is 5.93. The van der Waals surface area contributed by atoms with Gasteiger partial charge in [0.2, 0.25) is 0 Å². The van der Waals surface area contributed by atoms with Gasteiger partial charge in [-0.3, -0.25) is 4.98 Å². The molecule has 3 aromatic rings. The summed E-state index contributed by atoms with van der Waals surface area (Å²) in [5, 5.41) is 4.19. The van der Waals surface area contributed by atoms with Crippen LogP contribution in [-0.4, -0.2) is 15.0 Å². The summed E-state index contributed by atoms with van der Waals surface area (Å²) in [5.41, 5.74) is 10.4. The van der Waals surface area contributed by atoms with Gasteiger partial charge in [0.1, 0.15) is 12.0 Å². The molecule has 0 saturated heterocycles. The number of nitrogens with one attached hydrogen (secondary N) is 2. The SMILES string of the molecule is NNc1ncnc(Nc2cccc3cccnc23)c1N. The molecular weight excluding hydrogens is 254 g/mol. The maximum atomic E-state index is 5.94. The lowest BCUT2D eigenvalue weighted by molar-refractivity contribution is 1.14. The number of hydrogen-bond acceptors (Lipinski definition) is 7. The van der Waals surface area contributed by atoms with Gasteiger partial charge in [0.05, 0.1) is 11.2 Å². The van der Waals surface area contributed by atoms with Gasteiger partial charge < -0.3 is 16.5 Å². The number of benzene rings is 1. The van der Waals surface area contributed by atoms with E-state index in [1.54, 1.807) is 6.20 Å². The van der Waals surface area contributed by atoms with Crippen molar-refractivity contribution in [3.63, 3.8) is 0 Å². The second-order valence-electron chi connectivity index (χ2n) is 4.13. The van der Waals surface area contributed by atoms with Gasteiger partial charge in [-0.05, 0) is 12.1 Å². The predicted octanol–water partition coefficient (Wildman–Crippen LogP) is 1.64. The predicted molar refractivity (Wildman–Crippen MR) is 79.3 cm³/mol. The Morgan fingerprint density at radius 3 is 2.60 bits per heavy atom. The van der Waals surface area contributed by atoms with Crippen LogP contribution in [0.1, 0.15) is 0 Å². The number of aromatic nitrogens is 3. The molecule has 2 aromatic heterocycles. The van der Waals surface area contributed by atoms with Crippen LogP contribution in [0, 0.1) is 0 Å². The van der Waals surface area contributed by atoms with Gasteiger partial charge in [0.15, 0.2) is 11.6 Å². The monoisotopic (exact) mass is 267 g/mol. The van der Waals surface area contributed by atoms with Crippen molar-refractivity contribution in [2.75, 3.05) is 16.5 Å². The summed E-state index contributed by atoms with van der Waals surface area (Å²) >= 11 is 0. The molecule has 20 heavy (non-hydrogen) atoms. The van der Waals surface area contributed by atoms with E-state index in [-0.39, 0.29) is 0 Å². The van der Waals surface area contributed by atoms with Crippen LogP contribution < -0.4 is 22.3 Å². The highest BCUT2D eigenvalue weighted by atomic mass is 15.3. The number of anilines is 4. The average Bonchev–Trinajstić information content (AvgIpc) is 2.50. The molecule has 0 aliphatic heterocycles. The first-order valence-electron chi connectivity index (χ1n) is 5.97. The minimum absolute atomic E-state index is 0.350. The van der Waals surface area contributed by atoms with E-state index in [1.807, 2.05) is 30.3 Å². The summed E-state index contributed by atoms with van der Waals surface area (Å²) in [6, 6.07) is 9.72. The smallest absolute Gasteiger partial charge is 0.168 e. The molecule has 0 radical (unpaired) electrons. The Bertz CT molecular complexity index is 751. The number of nitrogens with zero attached hydrogens (tertiary/aromatic N) is 3. The van der Waals surface area contributed by atoms with Crippen LogP contribution in [0.3, 0.4) is 0 Å². The van der Waals surface area contributed by atoms with Crippen molar-refractivity contribution in [2.45, 2.75) is 0 Å². The molecule has 0 amide bonds. The lowest BCUT2D eigenvalue weighted by Crippen LogP contribution is -2.12. The quantitative estimate of drug-likeness (QED) is 0.421. The third-order valence-electron chi connectivity index (χ3n) is 2.91. The molecule has 3 rings (SSSR count). The molecule has 7 heteroatoms. The minimum atomic E-state index is 0.350. The maximum absolute atomic E-state index is 5.94. The Kier molecular flexibility index (Phi) is 3.02. The zero-order valence-corrected chi connectivity index (χ0v) is 10.5. The van der Waals surface area contributed by atoms with Gasteiger partial charge >= 0.3 is 0 Å². The first-order chi connectivity index (χ1) is 9.79. The van der Waals surface area contributed by atoms with E-state index in [2.05, 4.69) is 25.7 Å². The Hall–Kier alpha value is -2.93. The Morgan fingerprint density at radius 2 is 1.75 bits per heavy atom. The molecule has 0 fully saturated rings. The average molecular weight is 267 g/mol. The summed E-state index contributed by atoms with van der Waals surface area (Å²) in [5.74, 6) is 6.19. The molecule has 100 valence electrons. The van der Waals surface area contributed by atoms with Crippen LogP contribution >= 0.6 is 0 Å². The van der Waals surface area contributed by atoms with Crippen LogP contribution in [0.2, 0.25) is 0 Å². The van der Waals surface area contributed by atoms with Crippen LogP contribution in [0.25, 0.3) is 10.9 Å². The largest absolute Gasteiger partial charge is 0.393 e. The summed E-state index contributed by atoms with van der Waals surface area (Å²) in [4.78, 5) is 12.4. The Morgan fingerprint density at radius 1 is 0.950 bits per heavy atom. The molecule has 1 aromatic carbocycles. The van der Waals surface area contributed by atoms with Crippen LogP contribution in [0.5, 0.6) is 0 Å². The van der Waals surface area contributed by atoms with E-state index in [0.717, 1.165) is 16.6 Å². The van der Waals surface area contributed by atoms with Gasteiger partial charge in [0.25, 0.3) is 0 Å². The van der Waals surface area contributed by atoms with E-state index in [4.69, 9.17) is 11.6 Å². The lowest BCUT2D eigenvalue weighted by atomic mass is 10.2. The Labute approximate surface area is 115 Å². The summed E-state index contributed by atoms with van der Waals surface area (Å²) in [6.07, 6.45) is 3.12. The minimum Gasteiger partial charge on any atom is -0.393 e. The van der Waals surface area contributed by atoms with Crippen molar-refractivity contribution in [3.05, 3.63) is 42.9 Å². The van der Waals surface area contributed by atoms with Crippen LogP contribution in [-0.2, 0) is 0 Å². The number of para-hydroxylation sites is 1. The topological polar surface area (TPSA) is 115 Å². The highest BCUT2D eigenvalue weighted by Gasteiger charge is 2.09. The van der Waals surface area contributed by atoms with Crippen molar-refractivity contribution >= 4 is 33.9 Å². The van der Waals surface area contributed by atoms with E-state index in [1.165, 1.54) is 6.33 Å². The Balaban J connectivity index is 2.06. The summed E-state index contributed by atoms with van der Waals surface area (Å²) in [6.45, 7) is 0. The van der Waals surface area contributed by atoms with Gasteiger partial charge in [-0.2, -0.15) is 0 Å². The third kappa shape index (κ3) is 2.06. The number of hydrogen-bond donors (Lipinski definition) is 4. The summed E-state index contributed by atoms with van der Waals surface area (Å²) < 4.78 is 0. The van der Waals surface area contributed by atoms with E-state index >= 15 is 0 Å². The molecule has 0 saturated carbocycles. The number of fused-ring (bicyclic) bond motifs is 1. The number of pyridine rings is 1. The number of nitrogen functional groups attached to an aromatic ring is 2. The number of rotatable bonds is 3. The van der Waals surface area contributed by atoms with Gasteiger partial charge in [-0.25, -0.2) is 15.8 Å². The van der Waals surface area contributed by atoms with Gasteiger partial charge in [0, 0.05) is 11.6 Å². The van der Waals surface area contributed by atoms with E-state index in [0.29, 0.717) is 17.3 Å². The maximum Gasteiger partial charge on any atom is 0.168 e. The molecule has 7 nitrogen and oxygen atoms in total. The van der Waals surface area contributed by atoms with E-state index < -0.39 is 0 Å². The van der Waals surface area contributed by atoms with Crippen LogP contribution in [0.4, 0.5) is 23.0 Å². The zero-order chi connectivity index (χ0) is 13.9. The molecule has 0 bridgehead atoms. The normalized spacial score (nSPS) is 10.4. The van der Waals surface area contributed by atoms with Crippen molar-refractivity contribution < 1.29 is 0 Å². The molecule has 0 aliphatic carbocycles. The standard InChI is InChI=1S/C13H13N7/c14-10-12(17-7-18-13(10)20-15)19-9-5-1-3-8-4-2-6-16-11(8)9/h1-7H,14-15H2,(H2,17,18,19,20). The second-order valence-corrected chi connectivity index (χ2v) is 4.13. The molecule has 2 heterocycles. The summed E-state index contributed by atoms with van der Waals surface area (Å²) in [7, 11) is 0. The van der Waals surface area contributed by atoms with Crippen molar-refractivity contribution in [2.24, 2.45) is 5.84 Å². The zero-order valence-electron chi connectivity index (χ0n) is 10.5. The molecule has 0 unspecified atom stereocenters. The van der Waals surface area contributed by atoms with Crippen LogP contribution in [0.15, 0.2) is 42.9 Å². The fraction of sp³-hybridized carbons (Fsp3) is 0. The molecule has 6 N–H and O–H groups in total. The number of hydrazine groups is 1. The van der Waals surface area contributed by atoms with Gasteiger partial charge in [-0.1, -0.05) is 18.2 Å². The highest BCUT2D eigenvalue weighted by Crippen LogP contribution is 2.28. The van der Waals surface area contributed by atoms with E-state index in [9.17, 15) is 0 Å². The number of nitrogens with two attached hydrogens (primary N) is 2. The fourth-order valence-corrected chi connectivity index (χ4v) is 1.94. The third-order valence-corrected chi connectivity index (χ3v) is 2.91. The second kappa shape index (κ2) is 4.98. The van der Waals surface area contributed by atoms with Crippen molar-refractivity contribution in [1.29, 1.82) is 0 Å². The first kappa shape index (κ1) is 12.1. The van der Waals surface area contributed by atoms with Gasteiger partial charge in [-0.15, -0.1) is 0 Å².